The molecule has 4 nitrogen and oxygen atoms in total. The van der Waals surface area contributed by atoms with Gasteiger partial charge >= 0.3 is 12.1 Å². The number of carbonyl (C=O) groups is 1. The van der Waals surface area contributed by atoms with Gasteiger partial charge in [0.05, 0.1) is 11.0 Å². The maximum Gasteiger partial charge on any atom is 0.416 e. The SMILES string of the molecule is C[C@H]1c2c([nH]c3ccc(C(F)(F)F)cc23)CC2CCN(CCC(C)(C)C(=O)O)C[C@@H]21. The van der Waals surface area contributed by atoms with Gasteiger partial charge in [-0.15, -0.1) is 0 Å². The minimum absolute atomic E-state index is 0.159. The van der Waals surface area contributed by atoms with Gasteiger partial charge in [0, 0.05) is 23.1 Å². The second kappa shape index (κ2) is 7.29. The van der Waals surface area contributed by atoms with Crippen molar-refractivity contribution in [2.75, 3.05) is 19.6 Å². The summed E-state index contributed by atoms with van der Waals surface area (Å²) < 4.78 is 39.8. The number of piperidine rings is 1. The monoisotopic (exact) mass is 422 g/mol. The smallest absolute Gasteiger partial charge is 0.416 e. The number of aromatic amines is 1. The number of halogens is 3. The number of alkyl halides is 3. The molecular weight excluding hydrogens is 393 g/mol. The average Bonchev–Trinajstić information content (AvgIpc) is 3.03. The number of nitrogens with zero attached hydrogens (tertiary/aromatic N) is 1. The number of likely N-dealkylation sites (tertiary alicyclic amines) is 1. The fourth-order valence-corrected chi connectivity index (χ4v) is 5.27. The summed E-state index contributed by atoms with van der Waals surface area (Å²) in [6, 6.07) is 3.98. The summed E-state index contributed by atoms with van der Waals surface area (Å²) in [5, 5.41) is 10.1. The standard InChI is InChI=1S/C23H29F3N2O2/c1-13-17-12-28(9-7-22(2,3)21(29)30)8-6-14(17)10-19-20(13)16-11-15(23(24,25)26)4-5-18(16)27-19/h4-5,11,13-14,17,27H,6-10,12H2,1-3H3,(H,29,30)/t13-,14?,17-/m1/s1. The molecule has 3 atom stereocenters. The molecule has 1 aliphatic heterocycles. The number of hydrogen-bond acceptors (Lipinski definition) is 2. The summed E-state index contributed by atoms with van der Waals surface area (Å²) in [6.07, 6.45) is -1.86. The Hall–Kier alpha value is -2.02. The van der Waals surface area contributed by atoms with Crippen molar-refractivity contribution >= 4 is 16.9 Å². The van der Waals surface area contributed by atoms with Crippen molar-refractivity contribution in [3.05, 3.63) is 35.0 Å². The number of aromatic nitrogens is 1. The van der Waals surface area contributed by atoms with Crippen LogP contribution in [0.1, 0.15) is 56.4 Å². The number of H-pyrrole nitrogens is 1. The van der Waals surface area contributed by atoms with Crippen molar-refractivity contribution in [2.24, 2.45) is 17.3 Å². The molecule has 0 spiro atoms. The zero-order valence-corrected chi connectivity index (χ0v) is 17.6. The Morgan fingerprint density at radius 2 is 2.03 bits per heavy atom. The zero-order chi connectivity index (χ0) is 21.8. The van der Waals surface area contributed by atoms with Gasteiger partial charge in [0.15, 0.2) is 0 Å². The van der Waals surface area contributed by atoms with Crippen molar-refractivity contribution in [3.63, 3.8) is 0 Å². The van der Waals surface area contributed by atoms with E-state index in [1.165, 1.54) is 6.07 Å². The van der Waals surface area contributed by atoms with Crippen LogP contribution in [-0.2, 0) is 17.4 Å². The van der Waals surface area contributed by atoms with E-state index in [0.29, 0.717) is 23.6 Å². The Bertz CT molecular complexity index is 963. The lowest BCUT2D eigenvalue weighted by Crippen LogP contribution is -2.46. The molecule has 2 N–H and O–H groups in total. The molecule has 0 saturated carbocycles. The van der Waals surface area contributed by atoms with E-state index in [1.807, 2.05) is 0 Å². The first-order valence-corrected chi connectivity index (χ1v) is 10.6. The summed E-state index contributed by atoms with van der Waals surface area (Å²) in [5.74, 6) is 0.248. The molecule has 164 valence electrons. The van der Waals surface area contributed by atoms with Gasteiger partial charge in [-0.3, -0.25) is 4.79 Å². The number of carboxylic acids is 1. The van der Waals surface area contributed by atoms with Crippen LogP contribution >= 0.6 is 0 Å². The van der Waals surface area contributed by atoms with Crippen LogP contribution in [0.25, 0.3) is 10.9 Å². The van der Waals surface area contributed by atoms with E-state index in [1.54, 1.807) is 19.9 Å². The van der Waals surface area contributed by atoms with Gasteiger partial charge in [-0.1, -0.05) is 6.92 Å². The lowest BCUT2D eigenvalue weighted by molar-refractivity contribution is -0.147. The second-order valence-electron chi connectivity index (χ2n) is 9.72. The van der Waals surface area contributed by atoms with Crippen LogP contribution in [0.4, 0.5) is 13.2 Å². The van der Waals surface area contributed by atoms with E-state index in [0.717, 1.165) is 55.3 Å². The van der Waals surface area contributed by atoms with Crippen molar-refractivity contribution < 1.29 is 23.1 Å². The molecule has 7 heteroatoms. The van der Waals surface area contributed by atoms with Crippen LogP contribution in [0, 0.1) is 17.3 Å². The highest BCUT2D eigenvalue weighted by molar-refractivity contribution is 5.86. The highest BCUT2D eigenvalue weighted by atomic mass is 19.4. The Morgan fingerprint density at radius 3 is 2.70 bits per heavy atom. The van der Waals surface area contributed by atoms with Gasteiger partial charge < -0.3 is 15.0 Å². The number of benzene rings is 1. The molecule has 1 aromatic heterocycles. The topological polar surface area (TPSA) is 56.3 Å². The van der Waals surface area contributed by atoms with Gasteiger partial charge in [0.1, 0.15) is 0 Å². The zero-order valence-electron chi connectivity index (χ0n) is 17.6. The minimum Gasteiger partial charge on any atom is -0.481 e. The van der Waals surface area contributed by atoms with Gasteiger partial charge in [0.25, 0.3) is 0 Å². The van der Waals surface area contributed by atoms with E-state index in [9.17, 15) is 23.1 Å². The molecule has 30 heavy (non-hydrogen) atoms. The fraction of sp³-hybridized carbons (Fsp3) is 0.609. The summed E-state index contributed by atoms with van der Waals surface area (Å²) in [6.45, 7) is 8.18. The predicted octanol–water partition coefficient (Wildman–Crippen LogP) is 5.29. The van der Waals surface area contributed by atoms with Gasteiger partial charge in [-0.2, -0.15) is 13.2 Å². The van der Waals surface area contributed by atoms with Crippen LogP contribution in [-0.4, -0.2) is 40.6 Å². The lowest BCUT2D eigenvalue weighted by atomic mass is 9.68. The molecular formula is C23H29F3N2O2. The van der Waals surface area contributed by atoms with Crippen molar-refractivity contribution in [1.82, 2.24) is 9.88 Å². The van der Waals surface area contributed by atoms with Gasteiger partial charge in [-0.25, -0.2) is 0 Å². The van der Waals surface area contributed by atoms with Crippen LogP contribution in [0.2, 0.25) is 0 Å². The molecule has 4 rings (SSSR count). The first-order chi connectivity index (χ1) is 14.0. The van der Waals surface area contributed by atoms with E-state index < -0.39 is 23.1 Å². The molecule has 1 aliphatic carbocycles. The first-order valence-electron chi connectivity index (χ1n) is 10.6. The molecule has 1 saturated heterocycles. The summed E-state index contributed by atoms with van der Waals surface area (Å²) in [5.41, 5.74) is 1.53. The van der Waals surface area contributed by atoms with Crippen molar-refractivity contribution in [1.29, 1.82) is 0 Å². The lowest BCUT2D eigenvalue weighted by Gasteiger charge is -2.45. The summed E-state index contributed by atoms with van der Waals surface area (Å²) in [7, 11) is 0. The van der Waals surface area contributed by atoms with Gasteiger partial charge in [0.2, 0.25) is 0 Å². The molecule has 2 aromatic rings. The molecule has 0 bridgehead atoms. The van der Waals surface area contributed by atoms with E-state index in [2.05, 4.69) is 16.8 Å². The number of rotatable bonds is 4. The number of carboxylic acid groups (broad SMARTS) is 1. The Balaban J connectivity index is 1.58. The second-order valence-corrected chi connectivity index (χ2v) is 9.72. The van der Waals surface area contributed by atoms with E-state index >= 15 is 0 Å². The van der Waals surface area contributed by atoms with Crippen LogP contribution < -0.4 is 0 Å². The molecule has 2 aliphatic rings. The third kappa shape index (κ3) is 3.72. The third-order valence-corrected chi connectivity index (χ3v) is 7.33. The quantitative estimate of drug-likeness (QED) is 0.704. The molecule has 0 radical (unpaired) electrons. The van der Waals surface area contributed by atoms with E-state index in [4.69, 9.17) is 0 Å². The number of hydrogen-bond donors (Lipinski definition) is 2. The summed E-state index contributed by atoms with van der Waals surface area (Å²) >= 11 is 0. The predicted molar refractivity (Wildman–Crippen MR) is 109 cm³/mol. The highest BCUT2D eigenvalue weighted by Gasteiger charge is 2.41. The number of fused-ring (bicyclic) bond motifs is 4. The van der Waals surface area contributed by atoms with E-state index in [-0.39, 0.29) is 5.92 Å². The Labute approximate surface area is 174 Å². The molecule has 1 aromatic carbocycles. The Kier molecular flexibility index (Phi) is 5.16. The van der Waals surface area contributed by atoms with Crippen molar-refractivity contribution in [3.8, 4) is 0 Å². The minimum atomic E-state index is -4.35. The first kappa shape index (κ1) is 21.2. The molecule has 2 heterocycles. The van der Waals surface area contributed by atoms with Crippen LogP contribution in [0.15, 0.2) is 18.2 Å². The molecule has 0 amide bonds. The largest absolute Gasteiger partial charge is 0.481 e. The Morgan fingerprint density at radius 1 is 1.30 bits per heavy atom. The maximum atomic E-state index is 13.3. The number of aliphatic carboxylic acids is 1. The average molecular weight is 422 g/mol. The van der Waals surface area contributed by atoms with Crippen molar-refractivity contribution in [2.45, 2.75) is 52.1 Å². The molecule has 1 unspecified atom stereocenters. The molecule has 1 fully saturated rings. The maximum absolute atomic E-state index is 13.3. The van der Waals surface area contributed by atoms with Crippen LogP contribution in [0.3, 0.4) is 0 Å². The summed E-state index contributed by atoms with van der Waals surface area (Å²) in [4.78, 5) is 17.1. The third-order valence-electron chi connectivity index (χ3n) is 7.33. The van der Waals surface area contributed by atoms with Crippen LogP contribution in [0.5, 0.6) is 0 Å². The highest BCUT2D eigenvalue weighted by Crippen LogP contribution is 2.47. The number of nitrogens with one attached hydrogen (secondary N) is 1. The van der Waals surface area contributed by atoms with Gasteiger partial charge in [-0.05, 0) is 87.7 Å². The normalized spacial score (nSPS) is 25.2. The fourth-order valence-electron chi connectivity index (χ4n) is 5.27.